The molecule has 110 valence electrons. The maximum Gasteiger partial charge on any atom is 0.269 e. The van der Waals surface area contributed by atoms with Crippen LogP contribution in [0.15, 0.2) is 36.4 Å². The first-order valence-corrected chi connectivity index (χ1v) is 6.41. The average molecular weight is 292 g/mol. The topological polar surface area (TPSA) is 69.2 Å². The third kappa shape index (κ3) is 3.22. The fraction of sp³-hybridized carbons (Fsp3) is 0.200. The van der Waals surface area contributed by atoms with Gasteiger partial charge in [-0.15, -0.1) is 0 Å². The van der Waals surface area contributed by atoms with Gasteiger partial charge in [0.25, 0.3) is 5.69 Å². The Kier molecular flexibility index (Phi) is 4.28. The van der Waals surface area contributed by atoms with Crippen LogP contribution in [0.4, 0.5) is 14.5 Å². The first kappa shape index (κ1) is 15.1. The summed E-state index contributed by atoms with van der Waals surface area (Å²) in [5.41, 5.74) is 7.48. The molecule has 21 heavy (non-hydrogen) atoms. The lowest BCUT2D eigenvalue weighted by molar-refractivity contribution is -0.384. The predicted molar refractivity (Wildman–Crippen MR) is 74.9 cm³/mol. The molecule has 0 bridgehead atoms. The van der Waals surface area contributed by atoms with Crippen LogP contribution in [0, 0.1) is 21.7 Å². The Labute approximate surface area is 120 Å². The number of nitro benzene ring substituents is 1. The van der Waals surface area contributed by atoms with E-state index in [2.05, 4.69) is 0 Å². The van der Waals surface area contributed by atoms with E-state index in [0.29, 0.717) is 12.0 Å². The molecule has 4 nitrogen and oxygen atoms in total. The minimum absolute atomic E-state index is 0.102. The van der Waals surface area contributed by atoms with Crippen LogP contribution in [0.1, 0.15) is 29.7 Å². The van der Waals surface area contributed by atoms with Crippen molar-refractivity contribution in [2.75, 3.05) is 0 Å². The van der Waals surface area contributed by atoms with Crippen LogP contribution in [0.5, 0.6) is 0 Å². The summed E-state index contributed by atoms with van der Waals surface area (Å²) in [7, 11) is 0. The van der Waals surface area contributed by atoms with Gasteiger partial charge in [-0.25, -0.2) is 8.78 Å². The molecule has 1 atom stereocenters. The van der Waals surface area contributed by atoms with Crippen LogP contribution in [0.25, 0.3) is 0 Å². The molecule has 0 spiro atoms. The lowest BCUT2D eigenvalue weighted by Crippen LogP contribution is -2.15. The fourth-order valence-corrected chi connectivity index (χ4v) is 2.24. The van der Waals surface area contributed by atoms with Crippen molar-refractivity contribution in [3.63, 3.8) is 0 Å². The van der Waals surface area contributed by atoms with Gasteiger partial charge in [-0.05, 0) is 35.2 Å². The summed E-state index contributed by atoms with van der Waals surface area (Å²) in [5.74, 6) is -1.46. The summed E-state index contributed by atoms with van der Waals surface area (Å²) >= 11 is 0. The molecular weight excluding hydrogens is 278 g/mol. The van der Waals surface area contributed by atoms with Crippen LogP contribution < -0.4 is 5.73 Å². The number of non-ortho nitro benzene ring substituents is 1. The summed E-state index contributed by atoms with van der Waals surface area (Å²) in [5, 5.41) is 10.9. The standard InChI is InChI=1S/C15H14F2N2O2/c1-2-9-3-4-13(19(20)21)8-14(9)15(18)10-5-11(16)7-12(17)6-10/h3-8,15H,2,18H2,1H3. The average Bonchev–Trinajstić information content (AvgIpc) is 2.44. The molecule has 2 aromatic carbocycles. The Balaban J connectivity index is 2.52. The van der Waals surface area contributed by atoms with Gasteiger partial charge in [-0.3, -0.25) is 10.1 Å². The maximum atomic E-state index is 13.3. The van der Waals surface area contributed by atoms with Crippen LogP contribution in [-0.2, 0) is 6.42 Å². The van der Waals surface area contributed by atoms with Gasteiger partial charge in [-0.1, -0.05) is 13.0 Å². The van der Waals surface area contributed by atoms with Crippen LogP contribution in [0.2, 0.25) is 0 Å². The molecule has 1 unspecified atom stereocenters. The zero-order valence-electron chi connectivity index (χ0n) is 11.3. The number of nitro groups is 1. The van der Waals surface area contributed by atoms with E-state index in [1.54, 1.807) is 6.07 Å². The van der Waals surface area contributed by atoms with Crippen molar-refractivity contribution in [2.45, 2.75) is 19.4 Å². The molecule has 2 aromatic rings. The molecule has 0 aliphatic rings. The first-order chi connectivity index (χ1) is 9.92. The van der Waals surface area contributed by atoms with Gasteiger partial charge in [0.2, 0.25) is 0 Å². The Morgan fingerprint density at radius 2 is 1.81 bits per heavy atom. The van der Waals surface area contributed by atoms with E-state index in [9.17, 15) is 18.9 Å². The van der Waals surface area contributed by atoms with E-state index in [0.717, 1.165) is 23.8 Å². The SMILES string of the molecule is CCc1ccc([N+](=O)[O-])cc1C(N)c1cc(F)cc(F)c1. The van der Waals surface area contributed by atoms with Crippen molar-refractivity contribution in [1.82, 2.24) is 0 Å². The van der Waals surface area contributed by atoms with Gasteiger partial charge in [0, 0.05) is 18.2 Å². The van der Waals surface area contributed by atoms with Crippen molar-refractivity contribution >= 4 is 5.69 Å². The number of benzene rings is 2. The van der Waals surface area contributed by atoms with Gasteiger partial charge in [0.1, 0.15) is 11.6 Å². The van der Waals surface area contributed by atoms with Gasteiger partial charge in [0.05, 0.1) is 11.0 Å². The van der Waals surface area contributed by atoms with Gasteiger partial charge >= 0.3 is 0 Å². The third-order valence-electron chi connectivity index (χ3n) is 3.30. The van der Waals surface area contributed by atoms with Gasteiger partial charge in [-0.2, -0.15) is 0 Å². The molecule has 0 saturated carbocycles. The number of aryl methyl sites for hydroxylation is 1. The quantitative estimate of drug-likeness (QED) is 0.692. The van der Waals surface area contributed by atoms with Crippen molar-refractivity contribution in [3.05, 3.63) is 74.8 Å². The summed E-state index contributed by atoms with van der Waals surface area (Å²) in [4.78, 5) is 10.3. The Hall–Kier alpha value is -2.34. The van der Waals surface area contributed by atoms with Gasteiger partial charge in [0.15, 0.2) is 0 Å². The molecule has 0 amide bonds. The highest BCUT2D eigenvalue weighted by atomic mass is 19.1. The monoisotopic (exact) mass is 292 g/mol. The predicted octanol–water partition coefficient (Wildman–Crippen LogP) is 3.48. The van der Waals surface area contributed by atoms with Crippen molar-refractivity contribution in [3.8, 4) is 0 Å². The van der Waals surface area contributed by atoms with Crippen LogP contribution in [0.3, 0.4) is 0 Å². The summed E-state index contributed by atoms with van der Waals surface area (Å²) in [6.07, 6.45) is 0.610. The number of hydrogen-bond donors (Lipinski definition) is 1. The molecule has 0 heterocycles. The largest absolute Gasteiger partial charge is 0.320 e. The van der Waals surface area contributed by atoms with Gasteiger partial charge < -0.3 is 5.73 Å². The van der Waals surface area contributed by atoms with E-state index < -0.39 is 22.6 Å². The molecule has 2 N–H and O–H groups in total. The van der Waals surface area contributed by atoms with Crippen LogP contribution in [-0.4, -0.2) is 4.92 Å². The number of nitrogens with two attached hydrogens (primary N) is 1. The molecule has 0 radical (unpaired) electrons. The molecular formula is C15H14F2N2O2. The lowest BCUT2D eigenvalue weighted by Gasteiger charge is -2.16. The fourth-order valence-electron chi connectivity index (χ4n) is 2.24. The second-order valence-electron chi connectivity index (χ2n) is 4.67. The van der Waals surface area contributed by atoms with E-state index in [1.807, 2.05) is 6.92 Å². The van der Waals surface area contributed by atoms with Crippen molar-refractivity contribution in [2.24, 2.45) is 5.73 Å². The first-order valence-electron chi connectivity index (χ1n) is 6.41. The highest BCUT2D eigenvalue weighted by molar-refractivity contribution is 5.45. The smallest absolute Gasteiger partial charge is 0.269 e. The summed E-state index contributed by atoms with van der Waals surface area (Å²) in [6.45, 7) is 1.88. The maximum absolute atomic E-state index is 13.3. The zero-order chi connectivity index (χ0) is 15.6. The van der Waals surface area contributed by atoms with E-state index in [4.69, 9.17) is 5.73 Å². The molecule has 6 heteroatoms. The number of hydrogen-bond acceptors (Lipinski definition) is 3. The minimum atomic E-state index is -0.829. The Morgan fingerprint density at radius 1 is 1.19 bits per heavy atom. The van der Waals surface area contributed by atoms with E-state index in [1.165, 1.54) is 12.1 Å². The van der Waals surface area contributed by atoms with Crippen LogP contribution >= 0.6 is 0 Å². The van der Waals surface area contributed by atoms with Crippen molar-refractivity contribution in [1.29, 1.82) is 0 Å². The van der Waals surface area contributed by atoms with E-state index in [-0.39, 0.29) is 11.3 Å². The minimum Gasteiger partial charge on any atom is -0.320 e. The lowest BCUT2D eigenvalue weighted by atomic mass is 9.93. The molecule has 0 aliphatic carbocycles. The highest BCUT2D eigenvalue weighted by Crippen LogP contribution is 2.28. The molecule has 0 aromatic heterocycles. The van der Waals surface area contributed by atoms with Crippen molar-refractivity contribution < 1.29 is 13.7 Å². The second kappa shape index (κ2) is 5.97. The normalized spacial score (nSPS) is 12.2. The molecule has 0 fully saturated rings. The molecule has 2 rings (SSSR count). The Bertz CT molecular complexity index is 669. The third-order valence-corrected chi connectivity index (χ3v) is 3.30. The zero-order valence-corrected chi connectivity index (χ0v) is 11.3. The highest BCUT2D eigenvalue weighted by Gasteiger charge is 2.18. The molecule has 0 aliphatic heterocycles. The Morgan fingerprint density at radius 3 is 2.33 bits per heavy atom. The number of rotatable bonds is 4. The second-order valence-corrected chi connectivity index (χ2v) is 4.67. The summed E-state index contributed by atoms with van der Waals surface area (Å²) in [6, 6.07) is 6.55. The number of nitrogens with zero attached hydrogens (tertiary/aromatic N) is 1. The molecule has 0 saturated heterocycles. The summed E-state index contributed by atoms with van der Waals surface area (Å²) < 4.78 is 26.6. The van der Waals surface area contributed by atoms with E-state index >= 15 is 0 Å². The number of halogens is 2.